The molecule has 1 fully saturated rings. The number of nitrogens with zero attached hydrogens (tertiary/aromatic N) is 4. The third kappa shape index (κ3) is 3.15. The van der Waals surface area contributed by atoms with E-state index >= 15 is 0 Å². The normalized spacial score (nSPS) is 13.6. The first-order valence-electron chi connectivity index (χ1n) is 8.63. The number of carbonyl (C=O) groups excluding carboxylic acids is 1. The number of fused-ring (bicyclic) bond motifs is 1. The highest BCUT2D eigenvalue weighted by molar-refractivity contribution is 7.18. The Balaban J connectivity index is 1.39. The standard InChI is InChI=1S/C19H15N5O2S/c25-17(18-23-24-16(12-10-11-12)21-22-19(24)27-18)20-14-8-4-5-9-15(14)26-13-6-2-1-3-7-13/h1-9,12H,10-11H2,(H,20,25). The van der Waals surface area contributed by atoms with Gasteiger partial charge in [0.2, 0.25) is 9.97 Å². The molecule has 8 heteroatoms. The number of benzene rings is 2. The number of hydrogen-bond acceptors (Lipinski definition) is 6. The zero-order valence-corrected chi connectivity index (χ0v) is 15.0. The lowest BCUT2D eigenvalue weighted by molar-refractivity contribution is 0.102. The van der Waals surface area contributed by atoms with Crippen molar-refractivity contribution in [2.75, 3.05) is 5.32 Å². The molecule has 0 bridgehead atoms. The fraction of sp³-hybridized carbons (Fsp3) is 0.158. The van der Waals surface area contributed by atoms with Crippen LogP contribution in [-0.4, -0.2) is 25.7 Å². The van der Waals surface area contributed by atoms with Gasteiger partial charge in [0.05, 0.1) is 5.69 Å². The van der Waals surface area contributed by atoms with Gasteiger partial charge in [0.1, 0.15) is 5.75 Å². The van der Waals surface area contributed by atoms with Crippen molar-refractivity contribution in [2.45, 2.75) is 18.8 Å². The number of para-hydroxylation sites is 3. The van der Waals surface area contributed by atoms with Crippen LogP contribution in [0.1, 0.15) is 34.4 Å². The summed E-state index contributed by atoms with van der Waals surface area (Å²) in [5.74, 6) is 2.23. The molecule has 1 saturated carbocycles. The number of amides is 1. The van der Waals surface area contributed by atoms with E-state index < -0.39 is 0 Å². The summed E-state index contributed by atoms with van der Waals surface area (Å²) >= 11 is 1.23. The molecular weight excluding hydrogens is 362 g/mol. The molecule has 2 heterocycles. The van der Waals surface area contributed by atoms with Crippen LogP contribution in [0.2, 0.25) is 0 Å². The molecule has 1 aliphatic carbocycles. The van der Waals surface area contributed by atoms with Crippen molar-refractivity contribution in [1.29, 1.82) is 0 Å². The van der Waals surface area contributed by atoms with Crippen LogP contribution in [0.5, 0.6) is 11.5 Å². The van der Waals surface area contributed by atoms with Gasteiger partial charge in [-0.1, -0.05) is 41.7 Å². The molecule has 134 valence electrons. The Morgan fingerprint density at radius 1 is 1.07 bits per heavy atom. The van der Waals surface area contributed by atoms with Gasteiger partial charge in [-0.05, 0) is 37.1 Å². The smallest absolute Gasteiger partial charge is 0.286 e. The second-order valence-electron chi connectivity index (χ2n) is 6.30. The van der Waals surface area contributed by atoms with Crippen LogP contribution >= 0.6 is 11.3 Å². The van der Waals surface area contributed by atoms with Gasteiger partial charge in [0.25, 0.3) is 5.91 Å². The van der Waals surface area contributed by atoms with Gasteiger partial charge >= 0.3 is 0 Å². The summed E-state index contributed by atoms with van der Waals surface area (Å²) in [5, 5.41) is 15.9. The van der Waals surface area contributed by atoms with Crippen molar-refractivity contribution in [2.24, 2.45) is 0 Å². The Morgan fingerprint density at radius 2 is 1.85 bits per heavy atom. The van der Waals surface area contributed by atoms with Gasteiger partial charge in [0, 0.05) is 5.92 Å². The largest absolute Gasteiger partial charge is 0.455 e. The summed E-state index contributed by atoms with van der Waals surface area (Å²) in [4.78, 5) is 13.3. The number of hydrogen-bond donors (Lipinski definition) is 1. The van der Waals surface area contributed by atoms with Gasteiger partial charge in [-0.15, -0.1) is 15.3 Å². The lowest BCUT2D eigenvalue weighted by Gasteiger charge is -2.11. The van der Waals surface area contributed by atoms with E-state index in [1.807, 2.05) is 48.5 Å². The van der Waals surface area contributed by atoms with Crippen molar-refractivity contribution in [3.05, 3.63) is 65.4 Å². The van der Waals surface area contributed by atoms with Gasteiger partial charge in [-0.3, -0.25) is 4.79 Å². The average Bonchev–Trinajstić information content (AvgIpc) is 3.31. The van der Waals surface area contributed by atoms with Crippen LogP contribution in [-0.2, 0) is 0 Å². The second kappa shape index (κ2) is 6.48. The predicted octanol–water partition coefficient (Wildman–Crippen LogP) is 4.11. The van der Waals surface area contributed by atoms with Gasteiger partial charge < -0.3 is 10.1 Å². The molecule has 0 unspecified atom stereocenters. The van der Waals surface area contributed by atoms with E-state index in [0.29, 0.717) is 33.1 Å². The Bertz CT molecular complexity index is 1120. The maximum atomic E-state index is 12.7. The third-order valence-corrected chi connectivity index (χ3v) is 5.16. The van der Waals surface area contributed by atoms with E-state index in [1.165, 1.54) is 11.3 Å². The maximum Gasteiger partial charge on any atom is 0.286 e. The van der Waals surface area contributed by atoms with Crippen molar-refractivity contribution >= 4 is 27.9 Å². The van der Waals surface area contributed by atoms with Crippen LogP contribution in [0.4, 0.5) is 5.69 Å². The van der Waals surface area contributed by atoms with E-state index in [-0.39, 0.29) is 5.91 Å². The Kier molecular flexibility index (Phi) is 3.83. The molecule has 1 amide bonds. The number of nitrogens with one attached hydrogen (secondary N) is 1. The summed E-state index contributed by atoms with van der Waals surface area (Å²) < 4.78 is 7.57. The highest BCUT2D eigenvalue weighted by Gasteiger charge is 2.30. The fourth-order valence-electron chi connectivity index (χ4n) is 2.77. The van der Waals surface area contributed by atoms with Crippen LogP contribution in [0.3, 0.4) is 0 Å². The molecule has 0 saturated heterocycles. The molecule has 0 aliphatic heterocycles. The molecule has 27 heavy (non-hydrogen) atoms. The SMILES string of the molecule is O=C(Nc1ccccc1Oc1ccccc1)c1nn2c(C3CC3)nnc2s1. The molecule has 1 aliphatic rings. The second-order valence-corrected chi connectivity index (χ2v) is 7.26. The van der Waals surface area contributed by atoms with Crippen molar-refractivity contribution in [1.82, 2.24) is 19.8 Å². The van der Waals surface area contributed by atoms with E-state index in [1.54, 1.807) is 10.6 Å². The lowest BCUT2D eigenvalue weighted by Crippen LogP contribution is -2.13. The molecule has 7 nitrogen and oxygen atoms in total. The minimum Gasteiger partial charge on any atom is -0.455 e. The zero-order chi connectivity index (χ0) is 18.2. The van der Waals surface area contributed by atoms with E-state index in [4.69, 9.17) is 4.74 Å². The summed E-state index contributed by atoms with van der Waals surface area (Å²) in [7, 11) is 0. The predicted molar refractivity (Wildman–Crippen MR) is 102 cm³/mol. The number of rotatable bonds is 5. The molecule has 5 rings (SSSR count). The number of aromatic nitrogens is 4. The quantitative estimate of drug-likeness (QED) is 0.566. The number of carbonyl (C=O) groups is 1. The highest BCUT2D eigenvalue weighted by atomic mass is 32.1. The fourth-order valence-corrected chi connectivity index (χ4v) is 3.51. The molecule has 0 atom stereocenters. The topological polar surface area (TPSA) is 81.4 Å². The molecule has 1 N–H and O–H groups in total. The van der Waals surface area contributed by atoms with Crippen LogP contribution in [0.15, 0.2) is 54.6 Å². The summed E-state index contributed by atoms with van der Waals surface area (Å²) in [6.07, 6.45) is 2.20. The zero-order valence-electron chi connectivity index (χ0n) is 14.2. The molecule has 4 aromatic rings. The molecule has 0 radical (unpaired) electrons. The Hall–Kier alpha value is -3.26. The van der Waals surface area contributed by atoms with Gasteiger partial charge in [0.15, 0.2) is 11.6 Å². The first-order chi connectivity index (χ1) is 13.3. The van der Waals surface area contributed by atoms with Crippen molar-refractivity contribution in [3.63, 3.8) is 0 Å². The van der Waals surface area contributed by atoms with E-state index in [0.717, 1.165) is 18.7 Å². The van der Waals surface area contributed by atoms with Gasteiger partial charge in [-0.2, -0.15) is 4.52 Å². The van der Waals surface area contributed by atoms with Gasteiger partial charge in [-0.25, -0.2) is 0 Å². The highest BCUT2D eigenvalue weighted by Crippen LogP contribution is 2.39. The lowest BCUT2D eigenvalue weighted by atomic mass is 10.3. The summed E-state index contributed by atoms with van der Waals surface area (Å²) in [5.41, 5.74) is 0.583. The molecule has 2 aromatic carbocycles. The average molecular weight is 377 g/mol. The summed E-state index contributed by atoms with van der Waals surface area (Å²) in [6, 6.07) is 16.8. The Labute approximate surface area is 158 Å². The van der Waals surface area contributed by atoms with Crippen LogP contribution in [0, 0.1) is 0 Å². The van der Waals surface area contributed by atoms with Crippen LogP contribution < -0.4 is 10.1 Å². The first-order valence-corrected chi connectivity index (χ1v) is 9.45. The van der Waals surface area contributed by atoms with Crippen molar-refractivity contribution < 1.29 is 9.53 Å². The summed E-state index contributed by atoms with van der Waals surface area (Å²) in [6.45, 7) is 0. The monoisotopic (exact) mass is 377 g/mol. The van der Waals surface area contributed by atoms with E-state index in [9.17, 15) is 4.79 Å². The minimum absolute atomic E-state index is 0.295. The molecular formula is C19H15N5O2S. The number of anilines is 1. The first kappa shape index (κ1) is 16.0. The maximum absolute atomic E-state index is 12.7. The van der Waals surface area contributed by atoms with E-state index in [2.05, 4.69) is 20.6 Å². The third-order valence-electron chi connectivity index (χ3n) is 4.26. The van der Waals surface area contributed by atoms with Crippen molar-refractivity contribution in [3.8, 4) is 11.5 Å². The minimum atomic E-state index is -0.295. The number of ether oxygens (including phenoxy) is 1. The molecule has 2 aromatic heterocycles. The Morgan fingerprint density at radius 3 is 2.67 bits per heavy atom. The van der Waals surface area contributed by atoms with Crippen LogP contribution in [0.25, 0.3) is 4.96 Å². The molecule has 0 spiro atoms.